The molecule has 0 saturated heterocycles. The van der Waals surface area contributed by atoms with Gasteiger partial charge in [-0.1, -0.05) is 47.4 Å². The molecule has 4 rings (SSSR count). The molecule has 0 unspecified atom stereocenters. The largest absolute Gasteiger partial charge is 0.508 e. The van der Waals surface area contributed by atoms with E-state index < -0.39 is 23.1 Å². The Morgan fingerprint density at radius 3 is 2.41 bits per heavy atom. The van der Waals surface area contributed by atoms with E-state index in [1.165, 1.54) is 54.6 Å². The van der Waals surface area contributed by atoms with Crippen LogP contribution in [0.1, 0.15) is 27.8 Å². The Bertz CT molecular complexity index is 1340. The standard InChI is InChI=1S/C23H13F3N4O2/c1-2-13-12-15(8-11-19(13)29-30-27)22(14-6-9-16(31)10-7-14)17-4-3-5-18(23(24,25)26)20(17)28-21(22)32/h1,3-12,31H,(H,28,32)/t22-/m0/s1. The number of carbonyl (C=O) groups excluding carboxylic acids is 1. The Balaban J connectivity index is 2.10. The highest BCUT2D eigenvalue weighted by molar-refractivity contribution is 6.12. The molecule has 1 atom stereocenters. The first-order chi connectivity index (χ1) is 15.2. The van der Waals surface area contributed by atoms with E-state index in [-0.39, 0.29) is 33.8 Å². The maximum absolute atomic E-state index is 13.7. The lowest BCUT2D eigenvalue weighted by Crippen LogP contribution is -2.37. The van der Waals surface area contributed by atoms with Gasteiger partial charge in [0.1, 0.15) is 11.2 Å². The Labute approximate surface area is 179 Å². The monoisotopic (exact) mass is 434 g/mol. The molecule has 3 aromatic rings. The fourth-order valence-electron chi connectivity index (χ4n) is 4.04. The number of halogens is 3. The molecule has 6 nitrogen and oxygen atoms in total. The summed E-state index contributed by atoms with van der Waals surface area (Å²) in [6, 6.07) is 13.5. The average Bonchev–Trinajstić information content (AvgIpc) is 3.06. The molecule has 9 heteroatoms. The lowest BCUT2D eigenvalue weighted by molar-refractivity contribution is -0.136. The van der Waals surface area contributed by atoms with Crippen molar-refractivity contribution in [2.45, 2.75) is 11.6 Å². The molecule has 1 aliphatic rings. The van der Waals surface area contributed by atoms with E-state index in [0.29, 0.717) is 5.56 Å². The maximum atomic E-state index is 13.7. The SMILES string of the molecule is C#Cc1cc([C@]2(c3ccc(O)cc3)C(=O)Nc3c(C(F)(F)F)cccc32)ccc1N=[N+]=[N-]. The van der Waals surface area contributed by atoms with Crippen LogP contribution in [0.5, 0.6) is 5.75 Å². The lowest BCUT2D eigenvalue weighted by atomic mass is 9.69. The van der Waals surface area contributed by atoms with Crippen LogP contribution >= 0.6 is 0 Å². The minimum atomic E-state index is -4.70. The highest BCUT2D eigenvalue weighted by atomic mass is 19.4. The van der Waals surface area contributed by atoms with Gasteiger partial charge in [0.15, 0.2) is 0 Å². The third kappa shape index (κ3) is 3.02. The number of nitrogens with zero attached hydrogens (tertiary/aromatic N) is 3. The molecule has 1 heterocycles. The second-order valence-corrected chi connectivity index (χ2v) is 7.04. The van der Waals surface area contributed by atoms with Crippen molar-refractivity contribution in [3.05, 3.63) is 98.9 Å². The summed E-state index contributed by atoms with van der Waals surface area (Å²) < 4.78 is 41.0. The topological polar surface area (TPSA) is 98.1 Å². The molecule has 0 fully saturated rings. The zero-order valence-corrected chi connectivity index (χ0v) is 16.2. The predicted octanol–water partition coefficient (Wildman–Crippen LogP) is 5.62. The predicted molar refractivity (Wildman–Crippen MR) is 111 cm³/mol. The Morgan fingerprint density at radius 1 is 1.09 bits per heavy atom. The molecule has 158 valence electrons. The summed E-state index contributed by atoms with van der Waals surface area (Å²) >= 11 is 0. The number of phenols is 1. The van der Waals surface area contributed by atoms with Crippen LogP contribution in [0, 0.1) is 12.3 Å². The summed E-state index contributed by atoms with van der Waals surface area (Å²) in [4.78, 5) is 16.2. The van der Waals surface area contributed by atoms with Crippen molar-refractivity contribution in [2.24, 2.45) is 5.11 Å². The molecule has 3 aromatic carbocycles. The van der Waals surface area contributed by atoms with E-state index in [2.05, 4.69) is 21.3 Å². The fourth-order valence-corrected chi connectivity index (χ4v) is 4.04. The number of hydrogen-bond acceptors (Lipinski definition) is 3. The first-order valence-corrected chi connectivity index (χ1v) is 9.21. The number of nitrogens with one attached hydrogen (secondary N) is 1. The number of carbonyl (C=O) groups is 1. The second-order valence-electron chi connectivity index (χ2n) is 7.04. The summed E-state index contributed by atoms with van der Waals surface area (Å²) in [6.45, 7) is 0. The van der Waals surface area contributed by atoms with Gasteiger partial charge in [0.2, 0.25) is 5.91 Å². The summed E-state index contributed by atoms with van der Waals surface area (Å²) in [5, 5.41) is 15.6. The minimum absolute atomic E-state index is 0.0745. The normalized spacial score (nSPS) is 17.1. The number of alkyl halides is 3. The van der Waals surface area contributed by atoms with Crippen molar-refractivity contribution >= 4 is 17.3 Å². The lowest BCUT2D eigenvalue weighted by Gasteiger charge is -2.29. The van der Waals surface area contributed by atoms with Crippen molar-refractivity contribution < 1.29 is 23.1 Å². The number of amides is 1. The van der Waals surface area contributed by atoms with E-state index >= 15 is 0 Å². The average molecular weight is 434 g/mol. The van der Waals surface area contributed by atoms with E-state index in [9.17, 15) is 23.1 Å². The van der Waals surface area contributed by atoms with E-state index in [4.69, 9.17) is 12.0 Å². The fraction of sp³-hybridized carbons (Fsp3) is 0.0870. The Kier molecular flexibility index (Phi) is 4.80. The molecular formula is C23H13F3N4O2. The third-order valence-electron chi connectivity index (χ3n) is 5.39. The molecule has 2 N–H and O–H groups in total. The zero-order valence-electron chi connectivity index (χ0n) is 16.2. The van der Waals surface area contributed by atoms with E-state index in [1.54, 1.807) is 0 Å². The van der Waals surface area contributed by atoms with Crippen LogP contribution in [0.2, 0.25) is 0 Å². The van der Waals surface area contributed by atoms with E-state index in [1.807, 2.05) is 0 Å². The number of anilines is 1. The molecular weight excluding hydrogens is 421 g/mol. The van der Waals surface area contributed by atoms with Crippen LogP contribution in [-0.4, -0.2) is 11.0 Å². The van der Waals surface area contributed by atoms with Crippen molar-refractivity contribution in [2.75, 3.05) is 5.32 Å². The number of para-hydroxylation sites is 1. The number of rotatable bonds is 3. The molecule has 0 aliphatic carbocycles. The van der Waals surface area contributed by atoms with Crippen LogP contribution in [0.25, 0.3) is 10.4 Å². The van der Waals surface area contributed by atoms with Crippen LogP contribution in [0.15, 0.2) is 65.8 Å². The van der Waals surface area contributed by atoms with Gasteiger partial charge in [-0.05, 0) is 40.9 Å². The molecule has 32 heavy (non-hydrogen) atoms. The first kappa shape index (κ1) is 20.8. The number of phenolic OH excluding ortho intramolecular Hbond substituents is 1. The smallest absolute Gasteiger partial charge is 0.418 e. The van der Waals surface area contributed by atoms with Gasteiger partial charge >= 0.3 is 6.18 Å². The highest BCUT2D eigenvalue weighted by Gasteiger charge is 2.52. The highest BCUT2D eigenvalue weighted by Crippen LogP contribution is 2.51. The van der Waals surface area contributed by atoms with Gasteiger partial charge in [0.25, 0.3) is 0 Å². The number of terminal acetylenes is 1. The molecule has 0 saturated carbocycles. The minimum Gasteiger partial charge on any atom is -0.508 e. The van der Waals surface area contributed by atoms with Crippen molar-refractivity contribution in [3.63, 3.8) is 0 Å². The van der Waals surface area contributed by atoms with Crippen LogP contribution in [0.3, 0.4) is 0 Å². The van der Waals surface area contributed by atoms with Gasteiger partial charge in [-0.2, -0.15) is 13.2 Å². The quantitative estimate of drug-likeness (QED) is 0.242. The summed E-state index contributed by atoms with van der Waals surface area (Å²) in [5.41, 5.74) is 6.74. The molecule has 0 bridgehead atoms. The van der Waals surface area contributed by atoms with Crippen LogP contribution in [-0.2, 0) is 16.4 Å². The number of azide groups is 1. The number of aromatic hydroxyl groups is 1. The number of fused-ring (bicyclic) bond motifs is 1. The van der Waals surface area contributed by atoms with E-state index in [0.717, 1.165) is 6.07 Å². The summed E-state index contributed by atoms with van der Waals surface area (Å²) in [7, 11) is 0. The Morgan fingerprint density at radius 2 is 1.78 bits per heavy atom. The van der Waals surface area contributed by atoms with Crippen LogP contribution < -0.4 is 5.32 Å². The molecule has 0 spiro atoms. The van der Waals surface area contributed by atoms with Crippen molar-refractivity contribution in [3.8, 4) is 18.1 Å². The van der Waals surface area contributed by atoms with Crippen LogP contribution in [0.4, 0.5) is 24.5 Å². The van der Waals surface area contributed by atoms with Crippen molar-refractivity contribution in [1.82, 2.24) is 0 Å². The molecule has 0 aromatic heterocycles. The zero-order chi connectivity index (χ0) is 23.1. The molecule has 0 radical (unpaired) electrons. The maximum Gasteiger partial charge on any atom is 0.418 e. The third-order valence-corrected chi connectivity index (χ3v) is 5.39. The number of hydrogen-bond donors (Lipinski definition) is 2. The van der Waals surface area contributed by atoms with Gasteiger partial charge < -0.3 is 10.4 Å². The molecule has 1 aliphatic heterocycles. The number of benzene rings is 3. The Hall–Kier alpha value is -4.41. The molecule has 1 amide bonds. The van der Waals surface area contributed by atoms with Gasteiger partial charge in [-0.15, -0.1) is 6.42 Å². The van der Waals surface area contributed by atoms with Gasteiger partial charge in [0, 0.05) is 16.0 Å². The van der Waals surface area contributed by atoms with Gasteiger partial charge in [0.05, 0.1) is 16.9 Å². The summed E-state index contributed by atoms with van der Waals surface area (Å²) in [5.74, 6) is 1.59. The van der Waals surface area contributed by atoms with Gasteiger partial charge in [-0.25, -0.2) is 0 Å². The second kappa shape index (κ2) is 7.38. The van der Waals surface area contributed by atoms with Crippen molar-refractivity contribution in [1.29, 1.82) is 0 Å². The van der Waals surface area contributed by atoms with Gasteiger partial charge in [-0.3, -0.25) is 4.79 Å². The summed E-state index contributed by atoms with van der Waals surface area (Å²) in [6.07, 6.45) is 0.850. The first-order valence-electron chi connectivity index (χ1n) is 9.21.